The highest BCUT2D eigenvalue weighted by molar-refractivity contribution is 6.10. The SMILES string of the molecule is CC(C)n1ccc2c3c(ccc21)C(N)=NC(N)N3. The van der Waals surface area contributed by atoms with Gasteiger partial charge >= 0.3 is 0 Å². The number of aromatic nitrogens is 1. The minimum Gasteiger partial charge on any atom is -0.383 e. The van der Waals surface area contributed by atoms with Gasteiger partial charge in [0.05, 0.1) is 11.2 Å². The van der Waals surface area contributed by atoms with Crippen molar-refractivity contribution in [2.75, 3.05) is 5.32 Å². The Morgan fingerprint density at radius 3 is 2.83 bits per heavy atom. The number of nitrogens with one attached hydrogen (secondary N) is 1. The van der Waals surface area contributed by atoms with E-state index in [1.54, 1.807) is 0 Å². The molecule has 0 saturated heterocycles. The first-order valence-corrected chi connectivity index (χ1v) is 6.07. The van der Waals surface area contributed by atoms with Gasteiger partial charge in [-0.2, -0.15) is 0 Å². The summed E-state index contributed by atoms with van der Waals surface area (Å²) in [6.45, 7) is 4.32. The van der Waals surface area contributed by atoms with Gasteiger partial charge in [-0.05, 0) is 32.0 Å². The van der Waals surface area contributed by atoms with Gasteiger partial charge in [0.2, 0.25) is 0 Å². The molecule has 0 spiro atoms. The maximum Gasteiger partial charge on any atom is 0.173 e. The second-order valence-electron chi connectivity index (χ2n) is 4.84. The smallest absolute Gasteiger partial charge is 0.173 e. The van der Waals surface area contributed by atoms with Gasteiger partial charge in [0.15, 0.2) is 6.29 Å². The Morgan fingerprint density at radius 2 is 2.11 bits per heavy atom. The first-order valence-electron chi connectivity index (χ1n) is 6.07. The van der Waals surface area contributed by atoms with Crippen molar-refractivity contribution in [3.63, 3.8) is 0 Å². The molecule has 94 valence electrons. The van der Waals surface area contributed by atoms with Crippen molar-refractivity contribution < 1.29 is 0 Å². The first kappa shape index (κ1) is 11.1. The average Bonchev–Trinajstić information content (AvgIpc) is 2.72. The molecule has 5 heteroatoms. The predicted molar refractivity (Wildman–Crippen MR) is 74.6 cm³/mol. The molecule has 1 aliphatic heterocycles. The summed E-state index contributed by atoms with van der Waals surface area (Å²) in [6, 6.07) is 6.58. The number of nitrogens with two attached hydrogens (primary N) is 2. The monoisotopic (exact) mass is 243 g/mol. The van der Waals surface area contributed by atoms with Crippen molar-refractivity contribution in [2.45, 2.75) is 26.2 Å². The Balaban J connectivity index is 2.28. The third-order valence-corrected chi connectivity index (χ3v) is 3.31. The molecule has 1 aromatic heterocycles. The predicted octanol–water partition coefficient (Wildman–Crippen LogP) is 1.60. The molecule has 0 aliphatic carbocycles. The largest absolute Gasteiger partial charge is 0.383 e. The van der Waals surface area contributed by atoms with Crippen LogP contribution in [0.1, 0.15) is 25.5 Å². The zero-order chi connectivity index (χ0) is 12.9. The third-order valence-electron chi connectivity index (χ3n) is 3.31. The Hall–Kier alpha value is -2.01. The minimum atomic E-state index is -0.467. The van der Waals surface area contributed by atoms with Crippen molar-refractivity contribution in [1.29, 1.82) is 0 Å². The number of hydrogen-bond donors (Lipinski definition) is 3. The maximum absolute atomic E-state index is 5.92. The Labute approximate surface area is 105 Å². The molecule has 2 heterocycles. The van der Waals surface area contributed by atoms with Gasteiger partial charge in [-0.15, -0.1) is 0 Å². The number of nitrogens with zero attached hydrogens (tertiary/aromatic N) is 2. The van der Waals surface area contributed by atoms with Crippen molar-refractivity contribution in [3.8, 4) is 0 Å². The molecular formula is C13H17N5. The van der Waals surface area contributed by atoms with E-state index in [4.69, 9.17) is 11.5 Å². The molecule has 0 fully saturated rings. The first-order chi connectivity index (χ1) is 8.58. The quantitative estimate of drug-likeness (QED) is 0.711. The van der Waals surface area contributed by atoms with Gasteiger partial charge in [0.1, 0.15) is 5.84 Å². The van der Waals surface area contributed by atoms with Crippen molar-refractivity contribution in [1.82, 2.24) is 4.57 Å². The lowest BCUT2D eigenvalue weighted by atomic mass is 10.1. The van der Waals surface area contributed by atoms with Gasteiger partial charge in [-0.25, -0.2) is 4.99 Å². The van der Waals surface area contributed by atoms with Crippen LogP contribution < -0.4 is 16.8 Å². The lowest BCUT2D eigenvalue weighted by Gasteiger charge is -2.22. The van der Waals surface area contributed by atoms with Crippen molar-refractivity contribution in [2.24, 2.45) is 16.5 Å². The number of amidine groups is 1. The molecule has 3 rings (SSSR count). The molecule has 1 atom stereocenters. The van der Waals surface area contributed by atoms with Crippen LogP contribution in [0.4, 0.5) is 5.69 Å². The highest BCUT2D eigenvalue weighted by Crippen LogP contribution is 2.32. The third kappa shape index (κ3) is 1.48. The molecule has 1 aromatic carbocycles. The fourth-order valence-electron chi connectivity index (χ4n) is 2.46. The van der Waals surface area contributed by atoms with E-state index in [2.05, 4.69) is 47.1 Å². The van der Waals surface area contributed by atoms with Crippen LogP contribution in [0.5, 0.6) is 0 Å². The van der Waals surface area contributed by atoms with E-state index in [0.717, 1.165) is 16.6 Å². The van der Waals surface area contributed by atoms with Crippen LogP contribution in [-0.4, -0.2) is 16.7 Å². The number of hydrogen-bond acceptors (Lipinski definition) is 4. The Kier molecular flexibility index (Phi) is 2.31. The van der Waals surface area contributed by atoms with E-state index in [-0.39, 0.29) is 0 Å². The maximum atomic E-state index is 5.92. The van der Waals surface area contributed by atoms with Crippen molar-refractivity contribution >= 4 is 22.4 Å². The summed E-state index contributed by atoms with van der Waals surface area (Å²) in [5.41, 5.74) is 14.8. The molecule has 5 N–H and O–H groups in total. The summed E-state index contributed by atoms with van der Waals surface area (Å²) in [4.78, 5) is 4.13. The number of rotatable bonds is 1. The molecule has 2 aromatic rings. The van der Waals surface area contributed by atoms with Crippen LogP contribution in [0.3, 0.4) is 0 Å². The van der Waals surface area contributed by atoms with Crippen LogP contribution in [0.25, 0.3) is 10.9 Å². The number of aliphatic imine (C=N–C) groups is 1. The Bertz CT molecular complexity index is 638. The number of fused-ring (bicyclic) bond motifs is 3. The average molecular weight is 243 g/mol. The highest BCUT2D eigenvalue weighted by atomic mass is 15.2. The summed E-state index contributed by atoms with van der Waals surface area (Å²) >= 11 is 0. The molecule has 0 amide bonds. The standard InChI is InChI=1S/C13H17N5/c1-7(2)18-6-5-8-10(18)4-3-9-11(8)16-13(15)17-12(9)14/h3-7,13,16H,15H2,1-2H3,(H2,14,17). The molecule has 1 aliphatic rings. The van der Waals surface area contributed by atoms with Gasteiger partial charge in [-0.3, -0.25) is 5.73 Å². The van der Waals surface area contributed by atoms with Gasteiger partial charge in [-0.1, -0.05) is 0 Å². The van der Waals surface area contributed by atoms with Crippen LogP contribution in [0.2, 0.25) is 0 Å². The lowest BCUT2D eigenvalue weighted by Crippen LogP contribution is -2.35. The molecule has 0 saturated carbocycles. The second kappa shape index (κ2) is 3.74. The summed E-state index contributed by atoms with van der Waals surface area (Å²) in [6.07, 6.45) is 1.62. The molecule has 1 unspecified atom stereocenters. The van der Waals surface area contributed by atoms with Crippen molar-refractivity contribution in [3.05, 3.63) is 30.0 Å². The zero-order valence-corrected chi connectivity index (χ0v) is 10.5. The summed E-state index contributed by atoms with van der Waals surface area (Å²) < 4.78 is 2.23. The van der Waals surface area contributed by atoms with E-state index in [9.17, 15) is 0 Å². The van der Waals surface area contributed by atoms with Crippen LogP contribution in [0.15, 0.2) is 29.4 Å². The molecule has 18 heavy (non-hydrogen) atoms. The van der Waals surface area contributed by atoms with Crippen LogP contribution in [-0.2, 0) is 0 Å². The highest BCUT2D eigenvalue weighted by Gasteiger charge is 2.19. The molecule has 0 bridgehead atoms. The van der Waals surface area contributed by atoms with Crippen LogP contribution in [0, 0.1) is 0 Å². The Morgan fingerprint density at radius 1 is 1.33 bits per heavy atom. The summed E-state index contributed by atoms with van der Waals surface area (Å²) in [7, 11) is 0. The topological polar surface area (TPSA) is 81.4 Å². The van der Waals surface area contributed by atoms with E-state index < -0.39 is 6.29 Å². The lowest BCUT2D eigenvalue weighted by molar-refractivity contribution is 0.623. The fraction of sp³-hybridized carbons (Fsp3) is 0.308. The van der Waals surface area contributed by atoms with Gasteiger partial charge in [0.25, 0.3) is 0 Å². The molecular weight excluding hydrogens is 226 g/mol. The minimum absolute atomic E-state index is 0.420. The number of anilines is 1. The van der Waals surface area contributed by atoms with Crippen LogP contribution >= 0.6 is 0 Å². The van der Waals surface area contributed by atoms with E-state index in [1.807, 2.05) is 6.07 Å². The van der Waals surface area contributed by atoms with E-state index in [0.29, 0.717) is 11.9 Å². The van der Waals surface area contributed by atoms with E-state index in [1.165, 1.54) is 5.52 Å². The number of benzene rings is 1. The van der Waals surface area contributed by atoms with Gasteiger partial charge < -0.3 is 15.6 Å². The summed E-state index contributed by atoms with van der Waals surface area (Å²) in [5, 5.41) is 4.32. The van der Waals surface area contributed by atoms with Gasteiger partial charge in [0, 0.05) is 23.2 Å². The second-order valence-corrected chi connectivity index (χ2v) is 4.84. The fourth-order valence-corrected chi connectivity index (χ4v) is 2.46. The van der Waals surface area contributed by atoms with E-state index >= 15 is 0 Å². The molecule has 5 nitrogen and oxygen atoms in total. The summed E-state index contributed by atoms with van der Waals surface area (Å²) in [5.74, 6) is 0.496. The zero-order valence-electron chi connectivity index (χ0n) is 10.5. The normalized spacial score (nSPS) is 18.7. The molecule has 0 radical (unpaired) electrons.